The summed E-state index contributed by atoms with van der Waals surface area (Å²) in [6.45, 7) is 6.25. The fraction of sp³-hybridized carbons (Fsp3) is 0.579. The number of ether oxygens (including phenoxy) is 2. The molecule has 1 saturated carbocycles. The Hall–Kier alpha value is -2.04. The second-order valence-corrected chi connectivity index (χ2v) is 6.95. The molecule has 0 unspecified atom stereocenters. The van der Waals surface area contributed by atoms with Gasteiger partial charge in [0.2, 0.25) is 0 Å². The van der Waals surface area contributed by atoms with Gasteiger partial charge in [-0.05, 0) is 57.1 Å². The first-order valence-corrected chi connectivity index (χ1v) is 8.71. The summed E-state index contributed by atoms with van der Waals surface area (Å²) in [4.78, 5) is 23.5. The van der Waals surface area contributed by atoms with Crippen molar-refractivity contribution in [2.45, 2.75) is 57.6 Å². The van der Waals surface area contributed by atoms with Gasteiger partial charge in [-0.2, -0.15) is 0 Å². The van der Waals surface area contributed by atoms with Crippen molar-refractivity contribution in [3.63, 3.8) is 0 Å². The van der Waals surface area contributed by atoms with Crippen molar-refractivity contribution in [3.05, 3.63) is 35.5 Å². The van der Waals surface area contributed by atoms with Crippen LogP contribution in [-0.4, -0.2) is 30.8 Å². The monoisotopic (exact) mass is 331 g/mol. The molecule has 1 N–H and O–H groups in total. The molecule has 24 heavy (non-hydrogen) atoms. The lowest BCUT2D eigenvalue weighted by Crippen LogP contribution is -2.27. The Morgan fingerprint density at radius 3 is 2.92 bits per heavy atom. The van der Waals surface area contributed by atoms with Crippen LogP contribution < -0.4 is 5.32 Å². The fourth-order valence-corrected chi connectivity index (χ4v) is 3.16. The number of esters is 1. The first-order chi connectivity index (χ1) is 11.5. The number of amides is 1. The minimum atomic E-state index is -0.340. The Kier molecular flexibility index (Phi) is 5.07. The van der Waals surface area contributed by atoms with Crippen LogP contribution in [-0.2, 0) is 14.3 Å². The lowest BCUT2D eigenvalue weighted by Gasteiger charge is -2.18. The third-order valence-electron chi connectivity index (χ3n) is 4.83. The average Bonchev–Trinajstić information content (AvgIpc) is 3.30. The molecule has 1 saturated heterocycles. The van der Waals surface area contributed by atoms with Gasteiger partial charge in [-0.25, -0.2) is 9.59 Å². The van der Waals surface area contributed by atoms with Gasteiger partial charge in [0.05, 0.1) is 0 Å². The zero-order valence-corrected chi connectivity index (χ0v) is 14.2. The zero-order valence-electron chi connectivity index (χ0n) is 14.2. The first kappa shape index (κ1) is 16.8. The van der Waals surface area contributed by atoms with E-state index in [1.54, 1.807) is 0 Å². The summed E-state index contributed by atoms with van der Waals surface area (Å²) in [5.74, 6) is -0.284. The molecule has 3 aliphatic rings. The molecule has 0 aromatic heterocycles. The van der Waals surface area contributed by atoms with Crippen LogP contribution in [0.2, 0.25) is 0 Å². The number of nitrogens with one attached hydrogen (secondary N) is 1. The van der Waals surface area contributed by atoms with Gasteiger partial charge in [-0.15, -0.1) is 0 Å². The molecule has 0 aromatic rings. The van der Waals surface area contributed by atoms with Crippen molar-refractivity contribution in [2.75, 3.05) is 6.61 Å². The topological polar surface area (TPSA) is 64.6 Å². The Morgan fingerprint density at radius 2 is 2.17 bits per heavy atom. The number of carbonyl (C=O) groups is 2. The van der Waals surface area contributed by atoms with Crippen LogP contribution in [0, 0.1) is 5.92 Å². The number of hydrogen-bond donors (Lipinski definition) is 1. The zero-order chi connectivity index (χ0) is 17.1. The van der Waals surface area contributed by atoms with Gasteiger partial charge in [0, 0.05) is 17.5 Å². The van der Waals surface area contributed by atoms with Crippen LogP contribution in [0.1, 0.15) is 45.4 Å². The summed E-state index contributed by atoms with van der Waals surface area (Å²) in [7, 11) is 0. The molecule has 0 bridgehead atoms. The Labute approximate surface area is 142 Å². The van der Waals surface area contributed by atoms with Gasteiger partial charge in [-0.3, -0.25) is 0 Å². The highest BCUT2D eigenvalue weighted by molar-refractivity contribution is 5.91. The summed E-state index contributed by atoms with van der Waals surface area (Å²) in [6.07, 6.45) is 9.12. The maximum absolute atomic E-state index is 11.8. The molecular weight excluding hydrogens is 306 g/mol. The van der Waals surface area contributed by atoms with Crippen molar-refractivity contribution in [3.8, 4) is 0 Å². The normalized spacial score (nSPS) is 31.9. The SMILES string of the molecule is C=C1C(=O)O[C@@H]2/C=C(\C)CC/C=C(\COC(=O)NC3CC3)CC[C@H]12. The molecule has 3 rings (SSSR count). The van der Waals surface area contributed by atoms with Crippen LogP contribution in [0.15, 0.2) is 35.5 Å². The number of rotatable bonds is 3. The van der Waals surface area contributed by atoms with Gasteiger partial charge in [0.1, 0.15) is 12.7 Å². The van der Waals surface area contributed by atoms with Crippen molar-refractivity contribution in [1.82, 2.24) is 5.32 Å². The number of hydrogen-bond acceptors (Lipinski definition) is 4. The van der Waals surface area contributed by atoms with E-state index in [0.717, 1.165) is 44.1 Å². The summed E-state index contributed by atoms with van der Waals surface area (Å²) in [6, 6.07) is 0.300. The predicted molar refractivity (Wildman–Crippen MR) is 90.3 cm³/mol. The third kappa shape index (κ3) is 4.28. The highest BCUT2D eigenvalue weighted by Crippen LogP contribution is 2.34. The molecule has 5 nitrogen and oxygen atoms in total. The van der Waals surface area contributed by atoms with E-state index in [1.807, 2.05) is 0 Å². The second kappa shape index (κ2) is 7.24. The van der Waals surface area contributed by atoms with Crippen molar-refractivity contribution in [1.29, 1.82) is 0 Å². The second-order valence-electron chi connectivity index (χ2n) is 6.95. The van der Waals surface area contributed by atoms with Crippen LogP contribution in [0.25, 0.3) is 0 Å². The molecule has 0 spiro atoms. The molecular formula is C19H25NO4. The molecule has 0 aromatic carbocycles. The van der Waals surface area contributed by atoms with Gasteiger partial charge in [0.15, 0.2) is 0 Å². The maximum Gasteiger partial charge on any atom is 0.407 e. The Balaban J connectivity index is 1.61. The first-order valence-electron chi connectivity index (χ1n) is 8.71. The van der Waals surface area contributed by atoms with E-state index in [9.17, 15) is 9.59 Å². The van der Waals surface area contributed by atoms with Crippen LogP contribution in [0.4, 0.5) is 4.79 Å². The number of alkyl carbamates (subject to hydrolysis) is 1. The molecule has 5 heteroatoms. The molecule has 0 radical (unpaired) electrons. The van der Waals surface area contributed by atoms with Gasteiger partial charge < -0.3 is 14.8 Å². The minimum Gasteiger partial charge on any atom is -0.454 e. The maximum atomic E-state index is 11.8. The molecule has 2 aliphatic carbocycles. The summed E-state index contributed by atoms with van der Waals surface area (Å²) < 4.78 is 10.8. The number of fused-ring (bicyclic) bond motifs is 1. The fourth-order valence-electron chi connectivity index (χ4n) is 3.16. The lowest BCUT2D eigenvalue weighted by atomic mass is 9.88. The van der Waals surface area contributed by atoms with Crippen molar-refractivity contribution in [2.24, 2.45) is 5.92 Å². The van der Waals surface area contributed by atoms with E-state index in [2.05, 4.69) is 31.0 Å². The smallest absolute Gasteiger partial charge is 0.407 e. The summed E-state index contributed by atoms with van der Waals surface area (Å²) in [5.41, 5.74) is 2.86. The predicted octanol–water partition coefficient (Wildman–Crippen LogP) is 3.42. The van der Waals surface area contributed by atoms with Crippen molar-refractivity contribution < 1.29 is 19.1 Å². The molecule has 2 fully saturated rings. The van der Waals surface area contributed by atoms with E-state index < -0.39 is 0 Å². The third-order valence-corrected chi connectivity index (χ3v) is 4.83. The van der Waals surface area contributed by atoms with E-state index in [1.165, 1.54) is 5.57 Å². The van der Waals surface area contributed by atoms with E-state index in [0.29, 0.717) is 18.2 Å². The molecule has 2 atom stereocenters. The Morgan fingerprint density at radius 1 is 1.38 bits per heavy atom. The molecule has 1 amide bonds. The average molecular weight is 331 g/mol. The van der Waals surface area contributed by atoms with Crippen LogP contribution >= 0.6 is 0 Å². The van der Waals surface area contributed by atoms with E-state index >= 15 is 0 Å². The van der Waals surface area contributed by atoms with Crippen LogP contribution in [0.5, 0.6) is 0 Å². The van der Waals surface area contributed by atoms with Crippen LogP contribution in [0.3, 0.4) is 0 Å². The van der Waals surface area contributed by atoms with E-state index in [-0.39, 0.29) is 24.1 Å². The van der Waals surface area contributed by atoms with Gasteiger partial charge in [-0.1, -0.05) is 18.2 Å². The summed E-state index contributed by atoms with van der Waals surface area (Å²) >= 11 is 0. The Bertz CT molecular complexity index is 600. The standard InChI is InChI=1S/C19H25NO4/c1-12-4-3-5-14(11-23-19(22)20-15-7-8-15)6-9-16-13(2)18(21)24-17(16)10-12/h5,10,15-17H,2-4,6-9,11H2,1H3,(H,20,22)/b12-10+,14-5-/t16-,17-/m1/s1. The highest BCUT2D eigenvalue weighted by Gasteiger charge is 2.37. The highest BCUT2D eigenvalue weighted by atomic mass is 16.6. The quantitative estimate of drug-likeness (QED) is 0.489. The molecule has 130 valence electrons. The summed E-state index contributed by atoms with van der Waals surface area (Å²) in [5, 5.41) is 2.82. The van der Waals surface area contributed by atoms with Crippen molar-refractivity contribution >= 4 is 12.1 Å². The number of carbonyl (C=O) groups excluding carboxylic acids is 2. The largest absolute Gasteiger partial charge is 0.454 e. The van der Waals surface area contributed by atoms with Gasteiger partial charge >= 0.3 is 12.1 Å². The molecule has 1 aliphatic heterocycles. The number of allylic oxidation sites excluding steroid dienone is 2. The van der Waals surface area contributed by atoms with E-state index in [4.69, 9.17) is 9.47 Å². The van der Waals surface area contributed by atoms with Gasteiger partial charge in [0.25, 0.3) is 0 Å². The molecule has 1 heterocycles. The lowest BCUT2D eigenvalue weighted by molar-refractivity contribution is -0.137. The minimum absolute atomic E-state index is 0.00856.